The zero-order valence-electron chi connectivity index (χ0n) is 12.6. The molecular formula is C18H23NO. The predicted octanol–water partition coefficient (Wildman–Crippen LogP) is 5.66. The lowest BCUT2D eigenvalue weighted by atomic mass is 9.80. The van der Waals surface area contributed by atoms with Crippen LogP contribution in [0.15, 0.2) is 47.3 Å². The Hall–Kier alpha value is -1.70. The molecular weight excluding hydrogens is 246 g/mol. The molecule has 0 saturated heterocycles. The van der Waals surface area contributed by atoms with Gasteiger partial charge < -0.3 is 0 Å². The van der Waals surface area contributed by atoms with E-state index in [0.717, 1.165) is 5.56 Å². The van der Waals surface area contributed by atoms with Crippen molar-refractivity contribution in [3.05, 3.63) is 58.1 Å². The maximum atomic E-state index is 10.9. The quantitative estimate of drug-likeness (QED) is 0.512. The number of nitroso groups, excluding NO2 is 1. The monoisotopic (exact) mass is 269 g/mol. The molecule has 1 aromatic carbocycles. The van der Waals surface area contributed by atoms with E-state index in [4.69, 9.17) is 0 Å². The molecule has 0 unspecified atom stereocenters. The van der Waals surface area contributed by atoms with E-state index >= 15 is 0 Å². The summed E-state index contributed by atoms with van der Waals surface area (Å²) in [5.74, 6) is 0.709. The Kier molecular flexibility index (Phi) is 4.53. The number of nitrogens with zero attached hydrogens (tertiary/aromatic N) is 1. The van der Waals surface area contributed by atoms with Crippen molar-refractivity contribution in [1.82, 2.24) is 0 Å². The minimum Gasteiger partial charge on any atom is -0.145 e. The van der Waals surface area contributed by atoms with E-state index in [1.807, 2.05) is 24.3 Å². The van der Waals surface area contributed by atoms with E-state index in [9.17, 15) is 4.91 Å². The minimum atomic E-state index is 0.0531. The molecule has 1 aliphatic rings. The molecule has 1 aliphatic carbocycles. The third-order valence-corrected chi connectivity index (χ3v) is 3.66. The van der Waals surface area contributed by atoms with Crippen molar-refractivity contribution in [2.75, 3.05) is 0 Å². The molecule has 20 heavy (non-hydrogen) atoms. The number of hydrogen-bond acceptors (Lipinski definition) is 2. The second kappa shape index (κ2) is 6.17. The lowest BCUT2D eigenvalue weighted by Gasteiger charge is -2.25. The van der Waals surface area contributed by atoms with Gasteiger partial charge in [0.1, 0.15) is 5.70 Å². The number of rotatable bonds is 4. The van der Waals surface area contributed by atoms with Crippen LogP contribution in [0, 0.1) is 10.3 Å². The molecule has 0 atom stereocenters. The van der Waals surface area contributed by atoms with Gasteiger partial charge in [0.25, 0.3) is 0 Å². The highest BCUT2D eigenvalue weighted by molar-refractivity contribution is 5.56. The van der Waals surface area contributed by atoms with Crippen LogP contribution >= 0.6 is 0 Å². The molecule has 0 aliphatic heterocycles. The van der Waals surface area contributed by atoms with Gasteiger partial charge in [-0.15, -0.1) is 4.91 Å². The molecule has 2 heteroatoms. The van der Waals surface area contributed by atoms with Crippen molar-refractivity contribution >= 4 is 6.08 Å². The molecule has 1 fully saturated rings. The van der Waals surface area contributed by atoms with Crippen LogP contribution in [0.5, 0.6) is 0 Å². The average molecular weight is 269 g/mol. The molecule has 0 bridgehead atoms. The lowest BCUT2D eigenvalue weighted by Crippen LogP contribution is -2.08. The summed E-state index contributed by atoms with van der Waals surface area (Å²) in [5, 5.41) is 3.12. The molecule has 0 aromatic heterocycles. The summed E-state index contributed by atoms with van der Waals surface area (Å²) in [4.78, 5) is 10.9. The Bertz CT molecular complexity index is 531. The molecule has 0 N–H and O–H groups in total. The van der Waals surface area contributed by atoms with Crippen LogP contribution in [0.1, 0.15) is 57.1 Å². The van der Waals surface area contributed by atoms with Crippen molar-refractivity contribution in [2.45, 2.75) is 46.0 Å². The summed E-state index contributed by atoms with van der Waals surface area (Å²) in [6.07, 6.45) is 9.59. The molecule has 1 saturated carbocycles. The van der Waals surface area contributed by atoms with E-state index in [1.165, 1.54) is 24.8 Å². The number of benzene rings is 1. The van der Waals surface area contributed by atoms with Crippen LogP contribution in [-0.4, -0.2) is 0 Å². The van der Waals surface area contributed by atoms with Gasteiger partial charge in [-0.25, -0.2) is 0 Å². The maximum Gasteiger partial charge on any atom is 0.108 e. The predicted molar refractivity (Wildman–Crippen MR) is 85.4 cm³/mol. The number of allylic oxidation sites excluding steroid dienone is 2. The van der Waals surface area contributed by atoms with Crippen molar-refractivity contribution in [3.63, 3.8) is 0 Å². The Morgan fingerprint density at radius 1 is 1.30 bits per heavy atom. The fourth-order valence-electron chi connectivity index (χ4n) is 2.26. The highest BCUT2D eigenvalue weighted by Gasteiger charge is 2.19. The summed E-state index contributed by atoms with van der Waals surface area (Å²) in [6.45, 7) is 6.30. The van der Waals surface area contributed by atoms with Gasteiger partial charge in [0.15, 0.2) is 0 Å². The zero-order chi connectivity index (χ0) is 14.6. The SMILES string of the molecule is CC(C)(C)/C=C/C(=C\c1cccc(C2CCC2)c1)N=O. The fourth-order valence-corrected chi connectivity index (χ4v) is 2.26. The summed E-state index contributed by atoms with van der Waals surface area (Å²) in [5.41, 5.74) is 2.97. The summed E-state index contributed by atoms with van der Waals surface area (Å²) < 4.78 is 0. The first-order chi connectivity index (χ1) is 9.48. The van der Waals surface area contributed by atoms with Crippen LogP contribution in [-0.2, 0) is 0 Å². The minimum absolute atomic E-state index is 0.0531. The van der Waals surface area contributed by atoms with E-state index in [0.29, 0.717) is 11.6 Å². The highest BCUT2D eigenvalue weighted by atomic mass is 16.3. The first-order valence-electron chi connectivity index (χ1n) is 7.32. The summed E-state index contributed by atoms with van der Waals surface area (Å²) >= 11 is 0. The van der Waals surface area contributed by atoms with Gasteiger partial charge in [0.2, 0.25) is 0 Å². The highest BCUT2D eigenvalue weighted by Crippen LogP contribution is 2.36. The largest absolute Gasteiger partial charge is 0.145 e. The van der Waals surface area contributed by atoms with Gasteiger partial charge in [-0.1, -0.05) is 57.5 Å². The first kappa shape index (κ1) is 14.7. The Morgan fingerprint density at radius 2 is 2.05 bits per heavy atom. The molecule has 106 valence electrons. The second-order valence-corrected chi connectivity index (χ2v) is 6.66. The fraction of sp³-hybridized carbons (Fsp3) is 0.444. The van der Waals surface area contributed by atoms with Gasteiger partial charge in [0.05, 0.1) is 0 Å². The molecule has 0 spiro atoms. The Morgan fingerprint density at radius 3 is 2.60 bits per heavy atom. The van der Waals surface area contributed by atoms with Gasteiger partial charge in [-0.2, -0.15) is 0 Å². The molecule has 0 heterocycles. The maximum absolute atomic E-state index is 10.9. The van der Waals surface area contributed by atoms with Gasteiger partial charge in [-0.3, -0.25) is 0 Å². The molecule has 1 aromatic rings. The van der Waals surface area contributed by atoms with Crippen molar-refractivity contribution in [1.29, 1.82) is 0 Å². The van der Waals surface area contributed by atoms with Gasteiger partial charge in [-0.05, 0) is 52.6 Å². The Labute approximate surface area is 121 Å². The lowest BCUT2D eigenvalue weighted by molar-refractivity contribution is 0.420. The average Bonchev–Trinajstić information content (AvgIpc) is 2.32. The van der Waals surface area contributed by atoms with Crippen molar-refractivity contribution in [2.24, 2.45) is 10.6 Å². The second-order valence-electron chi connectivity index (χ2n) is 6.66. The molecule has 0 amide bonds. The number of hydrogen-bond donors (Lipinski definition) is 0. The van der Waals surface area contributed by atoms with Crippen LogP contribution in [0.3, 0.4) is 0 Å². The van der Waals surface area contributed by atoms with Crippen LogP contribution in [0.2, 0.25) is 0 Å². The van der Waals surface area contributed by atoms with Crippen molar-refractivity contribution < 1.29 is 0 Å². The summed E-state index contributed by atoms with van der Waals surface area (Å²) in [6, 6.07) is 8.45. The Balaban J connectivity index is 2.18. The van der Waals surface area contributed by atoms with E-state index in [2.05, 4.69) is 44.1 Å². The van der Waals surface area contributed by atoms with Gasteiger partial charge in [0, 0.05) is 0 Å². The molecule has 0 radical (unpaired) electrons. The smallest absolute Gasteiger partial charge is 0.108 e. The topological polar surface area (TPSA) is 29.4 Å². The van der Waals surface area contributed by atoms with E-state index in [-0.39, 0.29) is 5.41 Å². The van der Waals surface area contributed by atoms with Crippen LogP contribution in [0.4, 0.5) is 0 Å². The van der Waals surface area contributed by atoms with Crippen LogP contribution in [0.25, 0.3) is 6.08 Å². The standard InChI is InChI=1S/C18H23NO/c1-18(2,3)11-10-17(19-20)13-14-6-4-9-16(12-14)15-7-5-8-15/h4,6,9-13,15H,5,7-8H2,1-3H3/b11-10+,17-13+. The third kappa shape index (κ3) is 4.16. The summed E-state index contributed by atoms with van der Waals surface area (Å²) in [7, 11) is 0. The van der Waals surface area contributed by atoms with E-state index < -0.39 is 0 Å². The normalized spacial score (nSPS) is 17.2. The third-order valence-electron chi connectivity index (χ3n) is 3.66. The van der Waals surface area contributed by atoms with Crippen molar-refractivity contribution in [3.8, 4) is 0 Å². The van der Waals surface area contributed by atoms with E-state index in [1.54, 1.807) is 0 Å². The first-order valence-corrected chi connectivity index (χ1v) is 7.32. The molecule has 2 nitrogen and oxygen atoms in total. The zero-order valence-corrected chi connectivity index (χ0v) is 12.6. The molecule has 2 rings (SSSR count). The van der Waals surface area contributed by atoms with Crippen LogP contribution < -0.4 is 0 Å². The van der Waals surface area contributed by atoms with Gasteiger partial charge >= 0.3 is 0 Å².